The van der Waals surface area contributed by atoms with E-state index in [-0.39, 0.29) is 0 Å². The Labute approximate surface area is 113 Å². The van der Waals surface area contributed by atoms with E-state index in [4.69, 9.17) is 0 Å². The molecule has 98 valence electrons. The van der Waals surface area contributed by atoms with Crippen LogP contribution in [-0.4, -0.2) is 33.5 Å². The number of nitrogens with zero attached hydrogens (tertiary/aromatic N) is 2. The van der Waals surface area contributed by atoms with Gasteiger partial charge in [-0.25, -0.2) is 4.98 Å². The van der Waals surface area contributed by atoms with Gasteiger partial charge in [0.2, 0.25) is 0 Å². The minimum Gasteiger partial charge on any atom is -0.313 e. The van der Waals surface area contributed by atoms with Gasteiger partial charge in [0, 0.05) is 37.2 Å². The van der Waals surface area contributed by atoms with Gasteiger partial charge in [0.1, 0.15) is 5.65 Å². The molecule has 18 heavy (non-hydrogen) atoms. The smallest absolute Gasteiger partial charge is 0.136 e. The van der Waals surface area contributed by atoms with E-state index in [0.717, 1.165) is 24.3 Å². The number of thioether (sulfide) groups is 1. The number of fused-ring (bicyclic) bond motifs is 1. The molecule has 2 heterocycles. The molecule has 0 amide bonds. The fourth-order valence-electron chi connectivity index (χ4n) is 1.91. The lowest BCUT2D eigenvalue weighted by Crippen LogP contribution is -2.30. The normalized spacial score (nSPS) is 13.0. The van der Waals surface area contributed by atoms with Gasteiger partial charge in [0.05, 0.1) is 5.69 Å². The fraction of sp³-hybridized carbons (Fsp3) is 0.500. The van der Waals surface area contributed by atoms with Crippen molar-refractivity contribution in [1.29, 1.82) is 0 Å². The summed E-state index contributed by atoms with van der Waals surface area (Å²) < 4.78 is 2.08. The molecule has 0 aromatic carbocycles. The van der Waals surface area contributed by atoms with Crippen LogP contribution >= 0.6 is 11.8 Å². The Morgan fingerprint density at radius 3 is 3.11 bits per heavy atom. The van der Waals surface area contributed by atoms with Gasteiger partial charge in [-0.3, -0.25) is 0 Å². The van der Waals surface area contributed by atoms with Crippen LogP contribution in [0.3, 0.4) is 0 Å². The van der Waals surface area contributed by atoms with Gasteiger partial charge < -0.3 is 9.72 Å². The summed E-state index contributed by atoms with van der Waals surface area (Å²) >= 11 is 1.98. The summed E-state index contributed by atoms with van der Waals surface area (Å²) in [5.74, 6) is 2.38. The quantitative estimate of drug-likeness (QED) is 0.832. The fourth-order valence-corrected chi connectivity index (χ4v) is 2.61. The van der Waals surface area contributed by atoms with Gasteiger partial charge in [0.25, 0.3) is 0 Å². The minimum absolute atomic E-state index is 0.576. The van der Waals surface area contributed by atoms with E-state index in [2.05, 4.69) is 34.7 Å². The topological polar surface area (TPSA) is 29.3 Å². The van der Waals surface area contributed by atoms with Crippen LogP contribution in [0.4, 0.5) is 0 Å². The number of aromatic nitrogens is 2. The van der Waals surface area contributed by atoms with Crippen LogP contribution in [0.1, 0.15) is 19.5 Å². The van der Waals surface area contributed by atoms with Crippen molar-refractivity contribution in [3.63, 3.8) is 0 Å². The average molecular weight is 263 g/mol. The number of rotatable bonds is 7. The predicted octanol–water partition coefficient (Wildman–Crippen LogP) is 2.61. The summed E-state index contributed by atoms with van der Waals surface area (Å²) in [5, 5.41) is 3.54. The average Bonchev–Trinajstić information content (AvgIpc) is 2.79. The minimum atomic E-state index is 0.576. The Hall–Kier alpha value is -1.00. The van der Waals surface area contributed by atoms with E-state index in [0.29, 0.717) is 6.04 Å². The van der Waals surface area contributed by atoms with Crippen molar-refractivity contribution in [2.24, 2.45) is 0 Å². The Balaban J connectivity index is 1.79. The van der Waals surface area contributed by atoms with Crippen molar-refractivity contribution in [2.45, 2.75) is 26.3 Å². The third-order valence-corrected chi connectivity index (χ3v) is 4.00. The van der Waals surface area contributed by atoms with Crippen LogP contribution in [0.5, 0.6) is 0 Å². The number of hydrogen-bond acceptors (Lipinski definition) is 3. The van der Waals surface area contributed by atoms with E-state index < -0.39 is 0 Å². The molecule has 0 aliphatic heterocycles. The van der Waals surface area contributed by atoms with Crippen LogP contribution in [0.25, 0.3) is 5.65 Å². The van der Waals surface area contributed by atoms with Gasteiger partial charge in [-0.2, -0.15) is 11.8 Å². The molecule has 1 unspecified atom stereocenters. The van der Waals surface area contributed by atoms with Crippen molar-refractivity contribution in [1.82, 2.24) is 14.7 Å². The molecule has 1 N–H and O–H groups in total. The van der Waals surface area contributed by atoms with Crippen LogP contribution in [0.2, 0.25) is 0 Å². The Bertz CT molecular complexity index is 448. The summed E-state index contributed by atoms with van der Waals surface area (Å²) in [6, 6.07) is 6.67. The molecule has 0 radical (unpaired) electrons. The molecule has 3 nitrogen and oxygen atoms in total. The first-order chi connectivity index (χ1) is 8.79. The second-order valence-electron chi connectivity index (χ2n) is 4.46. The van der Waals surface area contributed by atoms with Gasteiger partial charge in [-0.1, -0.05) is 13.0 Å². The summed E-state index contributed by atoms with van der Waals surface area (Å²) in [6.45, 7) is 5.44. The second kappa shape index (κ2) is 6.81. The molecule has 0 spiro atoms. The summed E-state index contributed by atoms with van der Waals surface area (Å²) in [4.78, 5) is 4.59. The van der Waals surface area contributed by atoms with Gasteiger partial charge >= 0.3 is 0 Å². The summed E-state index contributed by atoms with van der Waals surface area (Å²) in [7, 11) is 0. The van der Waals surface area contributed by atoms with E-state index >= 15 is 0 Å². The van der Waals surface area contributed by atoms with Crippen LogP contribution < -0.4 is 5.32 Å². The van der Waals surface area contributed by atoms with Gasteiger partial charge in [-0.05, 0) is 24.8 Å². The van der Waals surface area contributed by atoms with Crippen molar-refractivity contribution >= 4 is 17.4 Å². The SMILES string of the molecule is CCSCC(C)NCCc1cn2ccccc2n1. The Kier molecular flexibility index (Phi) is 5.08. The van der Waals surface area contributed by atoms with Crippen LogP contribution in [-0.2, 0) is 6.42 Å². The molecular weight excluding hydrogens is 242 g/mol. The van der Waals surface area contributed by atoms with Gasteiger partial charge in [0.15, 0.2) is 0 Å². The lowest BCUT2D eigenvalue weighted by molar-refractivity contribution is 0.594. The van der Waals surface area contributed by atoms with Gasteiger partial charge in [-0.15, -0.1) is 0 Å². The first-order valence-electron chi connectivity index (χ1n) is 6.53. The Morgan fingerprint density at radius 1 is 1.44 bits per heavy atom. The van der Waals surface area contributed by atoms with E-state index in [1.54, 1.807) is 0 Å². The molecule has 0 fully saturated rings. The molecule has 1 atom stereocenters. The van der Waals surface area contributed by atoms with Crippen LogP contribution in [0.15, 0.2) is 30.6 Å². The van der Waals surface area contributed by atoms with E-state index in [1.165, 1.54) is 11.5 Å². The third kappa shape index (κ3) is 3.75. The number of hydrogen-bond donors (Lipinski definition) is 1. The highest BCUT2D eigenvalue weighted by molar-refractivity contribution is 7.99. The molecular formula is C14H21N3S. The Morgan fingerprint density at radius 2 is 2.33 bits per heavy atom. The third-order valence-electron chi connectivity index (χ3n) is 2.86. The largest absolute Gasteiger partial charge is 0.313 e. The van der Waals surface area contributed by atoms with Crippen LogP contribution in [0, 0.1) is 0 Å². The van der Waals surface area contributed by atoms with Crippen molar-refractivity contribution in [3.05, 3.63) is 36.3 Å². The molecule has 0 aliphatic carbocycles. The standard InChI is InChI=1S/C14H21N3S/c1-3-18-11-12(2)15-8-7-13-10-17-9-5-4-6-14(17)16-13/h4-6,9-10,12,15H,3,7-8,11H2,1-2H3. The maximum Gasteiger partial charge on any atom is 0.136 e. The zero-order valence-electron chi connectivity index (χ0n) is 11.1. The highest BCUT2D eigenvalue weighted by atomic mass is 32.2. The molecule has 0 saturated carbocycles. The van der Waals surface area contributed by atoms with Crippen molar-refractivity contribution < 1.29 is 0 Å². The zero-order chi connectivity index (χ0) is 12.8. The highest BCUT2D eigenvalue weighted by Gasteiger charge is 2.03. The first-order valence-corrected chi connectivity index (χ1v) is 7.69. The molecule has 4 heteroatoms. The molecule has 0 saturated heterocycles. The number of nitrogens with one attached hydrogen (secondary N) is 1. The maximum absolute atomic E-state index is 4.59. The first kappa shape index (κ1) is 13.4. The highest BCUT2D eigenvalue weighted by Crippen LogP contribution is 2.05. The lowest BCUT2D eigenvalue weighted by Gasteiger charge is -2.11. The van der Waals surface area contributed by atoms with Crippen molar-refractivity contribution in [2.75, 3.05) is 18.1 Å². The molecule has 2 rings (SSSR count). The van der Waals surface area contributed by atoms with E-state index in [9.17, 15) is 0 Å². The lowest BCUT2D eigenvalue weighted by atomic mass is 10.3. The summed E-state index contributed by atoms with van der Waals surface area (Å²) in [6.07, 6.45) is 5.14. The second-order valence-corrected chi connectivity index (χ2v) is 5.78. The van der Waals surface area contributed by atoms with E-state index in [1.807, 2.05) is 36.2 Å². The van der Waals surface area contributed by atoms with Crippen molar-refractivity contribution in [3.8, 4) is 0 Å². The summed E-state index contributed by atoms with van der Waals surface area (Å²) in [5.41, 5.74) is 2.19. The molecule has 0 bridgehead atoms. The number of imidazole rings is 1. The monoisotopic (exact) mass is 263 g/mol. The molecule has 2 aromatic rings. The molecule has 2 aromatic heterocycles. The number of pyridine rings is 1. The predicted molar refractivity (Wildman–Crippen MR) is 79.4 cm³/mol. The maximum atomic E-state index is 4.59. The molecule has 0 aliphatic rings. The zero-order valence-corrected chi connectivity index (χ0v) is 11.9.